The molecule has 1 aliphatic heterocycles. The van der Waals surface area contributed by atoms with E-state index in [4.69, 9.17) is 0 Å². The molecule has 0 spiro atoms. The highest BCUT2D eigenvalue weighted by molar-refractivity contribution is 5.76. The number of hydrogen-bond donors (Lipinski definition) is 1. The third-order valence-corrected chi connectivity index (χ3v) is 4.73. The Balaban J connectivity index is 1.67. The minimum absolute atomic E-state index is 0.276. The molecular formula is C17H27N3O. The number of hydrogen-bond acceptors (Lipinski definition) is 2. The van der Waals surface area contributed by atoms with Crippen LogP contribution in [0.4, 0.5) is 0 Å². The molecule has 2 heterocycles. The summed E-state index contributed by atoms with van der Waals surface area (Å²) < 4.78 is 2.11. The molecule has 4 heteroatoms. The lowest BCUT2D eigenvalue weighted by atomic mass is 9.91. The van der Waals surface area contributed by atoms with Gasteiger partial charge in [-0.15, -0.1) is 0 Å². The van der Waals surface area contributed by atoms with Crippen molar-refractivity contribution in [2.24, 2.45) is 0 Å². The number of carbonyl (C=O) groups excluding carboxylic acids is 1. The normalized spacial score (nSPS) is 21.6. The highest BCUT2D eigenvalue weighted by Crippen LogP contribution is 2.30. The maximum absolute atomic E-state index is 12.3. The summed E-state index contributed by atoms with van der Waals surface area (Å²) in [6, 6.07) is 0.483. The first-order valence-corrected chi connectivity index (χ1v) is 8.47. The lowest BCUT2D eigenvalue weighted by molar-refractivity contribution is -0.130. The summed E-state index contributed by atoms with van der Waals surface area (Å²) in [5.41, 5.74) is 2.85. The summed E-state index contributed by atoms with van der Waals surface area (Å²) in [6.45, 7) is 5.67. The third-order valence-electron chi connectivity index (χ3n) is 4.73. The Hall–Kier alpha value is -1.29. The van der Waals surface area contributed by atoms with E-state index in [-0.39, 0.29) is 5.91 Å². The zero-order chi connectivity index (χ0) is 14.7. The van der Waals surface area contributed by atoms with Crippen molar-refractivity contribution < 1.29 is 4.79 Å². The van der Waals surface area contributed by atoms with Crippen molar-refractivity contribution in [1.82, 2.24) is 14.8 Å². The molecule has 1 unspecified atom stereocenters. The zero-order valence-corrected chi connectivity index (χ0v) is 13.1. The summed E-state index contributed by atoms with van der Waals surface area (Å²) in [5, 5.41) is 3.64. The highest BCUT2D eigenvalue weighted by Gasteiger charge is 2.23. The monoisotopic (exact) mass is 289 g/mol. The van der Waals surface area contributed by atoms with E-state index in [9.17, 15) is 4.79 Å². The number of nitrogens with zero attached hydrogens (tertiary/aromatic N) is 2. The van der Waals surface area contributed by atoms with Gasteiger partial charge in [0, 0.05) is 31.5 Å². The van der Waals surface area contributed by atoms with Crippen LogP contribution >= 0.6 is 0 Å². The van der Waals surface area contributed by atoms with Gasteiger partial charge in [0.1, 0.15) is 6.54 Å². The predicted octanol–water partition coefficient (Wildman–Crippen LogP) is 2.49. The van der Waals surface area contributed by atoms with E-state index in [0.29, 0.717) is 12.6 Å². The Morgan fingerprint density at radius 2 is 2.10 bits per heavy atom. The van der Waals surface area contributed by atoms with Crippen LogP contribution in [-0.2, 0) is 17.8 Å². The van der Waals surface area contributed by atoms with E-state index in [1.54, 1.807) is 0 Å². The summed E-state index contributed by atoms with van der Waals surface area (Å²) in [5.74, 6) is 0.276. The topological polar surface area (TPSA) is 37.3 Å². The second-order valence-electron chi connectivity index (χ2n) is 6.40. The molecule has 0 saturated carbocycles. The van der Waals surface area contributed by atoms with Gasteiger partial charge in [-0.3, -0.25) is 4.79 Å². The van der Waals surface area contributed by atoms with Crippen molar-refractivity contribution in [2.45, 2.75) is 58.0 Å². The fourth-order valence-corrected chi connectivity index (χ4v) is 3.59. The summed E-state index contributed by atoms with van der Waals surface area (Å²) in [6.07, 6.45) is 11.5. The number of amides is 1. The summed E-state index contributed by atoms with van der Waals surface area (Å²) >= 11 is 0. The van der Waals surface area contributed by atoms with E-state index in [0.717, 1.165) is 38.9 Å². The highest BCUT2D eigenvalue weighted by atomic mass is 16.2. The van der Waals surface area contributed by atoms with Crippen LogP contribution in [0, 0.1) is 0 Å². The largest absolute Gasteiger partial charge is 0.344 e. The van der Waals surface area contributed by atoms with Gasteiger partial charge in [-0.2, -0.15) is 0 Å². The number of carbonyl (C=O) groups is 1. The number of aromatic nitrogens is 1. The van der Waals surface area contributed by atoms with Crippen LogP contribution < -0.4 is 5.32 Å². The van der Waals surface area contributed by atoms with Crippen LogP contribution in [0.3, 0.4) is 0 Å². The molecule has 1 atom stereocenters. The minimum atomic E-state index is 0.276. The van der Waals surface area contributed by atoms with Gasteiger partial charge in [0.15, 0.2) is 0 Å². The molecule has 1 aromatic heterocycles. The van der Waals surface area contributed by atoms with Crippen molar-refractivity contribution in [1.29, 1.82) is 0 Å². The van der Waals surface area contributed by atoms with Crippen molar-refractivity contribution in [3.63, 3.8) is 0 Å². The van der Waals surface area contributed by atoms with Crippen molar-refractivity contribution >= 4 is 5.91 Å². The molecule has 21 heavy (non-hydrogen) atoms. The molecule has 0 aromatic carbocycles. The second-order valence-corrected chi connectivity index (χ2v) is 6.40. The Morgan fingerprint density at radius 3 is 2.86 bits per heavy atom. The van der Waals surface area contributed by atoms with Gasteiger partial charge in [0.05, 0.1) is 0 Å². The molecule has 1 amide bonds. The minimum Gasteiger partial charge on any atom is -0.344 e. The van der Waals surface area contributed by atoms with Crippen LogP contribution in [0.15, 0.2) is 12.4 Å². The van der Waals surface area contributed by atoms with Gasteiger partial charge >= 0.3 is 0 Å². The van der Waals surface area contributed by atoms with Crippen molar-refractivity contribution in [3.05, 3.63) is 23.5 Å². The van der Waals surface area contributed by atoms with E-state index in [2.05, 4.69) is 29.2 Å². The average molecular weight is 289 g/mol. The van der Waals surface area contributed by atoms with Gasteiger partial charge in [-0.25, -0.2) is 0 Å². The van der Waals surface area contributed by atoms with Gasteiger partial charge < -0.3 is 14.8 Å². The Bertz CT molecular complexity index is 488. The molecule has 1 aromatic rings. The van der Waals surface area contributed by atoms with E-state index >= 15 is 0 Å². The molecule has 1 saturated heterocycles. The zero-order valence-electron chi connectivity index (χ0n) is 13.1. The van der Waals surface area contributed by atoms with Crippen LogP contribution in [0.2, 0.25) is 0 Å². The second kappa shape index (κ2) is 6.65. The number of nitrogens with one attached hydrogen (secondary N) is 1. The standard InChI is InChI=1S/C17H27N3O/c1-2-8-18-16-7-5-6-14-11-19(12-15(14)16)13-17(21)20-9-3-4-10-20/h11-12,16,18H,2-10,13H2,1H3. The molecule has 1 aliphatic carbocycles. The number of aryl methyl sites for hydroxylation is 1. The fourth-order valence-electron chi connectivity index (χ4n) is 3.59. The molecule has 4 nitrogen and oxygen atoms in total. The van der Waals surface area contributed by atoms with Crippen LogP contribution in [-0.4, -0.2) is 35.0 Å². The Morgan fingerprint density at radius 1 is 1.29 bits per heavy atom. The maximum Gasteiger partial charge on any atom is 0.242 e. The quantitative estimate of drug-likeness (QED) is 0.904. The van der Waals surface area contributed by atoms with Gasteiger partial charge in [-0.05, 0) is 56.2 Å². The molecular weight excluding hydrogens is 262 g/mol. The van der Waals surface area contributed by atoms with Crippen molar-refractivity contribution in [3.8, 4) is 0 Å². The number of rotatable bonds is 5. The molecule has 1 N–H and O–H groups in total. The predicted molar refractivity (Wildman–Crippen MR) is 84.2 cm³/mol. The van der Waals surface area contributed by atoms with E-state index in [1.165, 1.54) is 30.4 Å². The first-order chi connectivity index (χ1) is 10.3. The Labute approximate surface area is 127 Å². The van der Waals surface area contributed by atoms with Crippen LogP contribution in [0.5, 0.6) is 0 Å². The fraction of sp³-hybridized carbons (Fsp3) is 0.706. The summed E-state index contributed by atoms with van der Waals surface area (Å²) in [4.78, 5) is 14.3. The number of likely N-dealkylation sites (tertiary alicyclic amines) is 1. The van der Waals surface area contributed by atoms with Crippen LogP contribution in [0.1, 0.15) is 56.2 Å². The third kappa shape index (κ3) is 3.31. The van der Waals surface area contributed by atoms with Gasteiger partial charge in [0.2, 0.25) is 5.91 Å². The van der Waals surface area contributed by atoms with E-state index < -0.39 is 0 Å². The lowest BCUT2D eigenvalue weighted by Crippen LogP contribution is -2.30. The molecule has 2 aliphatic rings. The average Bonchev–Trinajstić information content (AvgIpc) is 3.13. The molecule has 116 valence electrons. The van der Waals surface area contributed by atoms with Crippen LogP contribution in [0.25, 0.3) is 0 Å². The van der Waals surface area contributed by atoms with E-state index in [1.807, 2.05) is 4.90 Å². The van der Waals surface area contributed by atoms with Gasteiger partial charge in [0.25, 0.3) is 0 Å². The Kier molecular flexibility index (Phi) is 4.63. The maximum atomic E-state index is 12.3. The summed E-state index contributed by atoms with van der Waals surface area (Å²) in [7, 11) is 0. The molecule has 3 rings (SSSR count). The molecule has 1 fully saturated rings. The SMILES string of the molecule is CCCNC1CCCc2cn(CC(=O)N3CCCC3)cc21. The first-order valence-electron chi connectivity index (χ1n) is 8.47. The van der Waals surface area contributed by atoms with Gasteiger partial charge in [-0.1, -0.05) is 6.92 Å². The lowest BCUT2D eigenvalue weighted by Gasteiger charge is -2.23. The van der Waals surface area contributed by atoms with Crippen molar-refractivity contribution in [2.75, 3.05) is 19.6 Å². The molecule has 0 radical (unpaired) electrons. The smallest absolute Gasteiger partial charge is 0.242 e. The molecule has 0 bridgehead atoms. The number of fused-ring (bicyclic) bond motifs is 1. The first kappa shape index (κ1) is 14.6.